The lowest BCUT2D eigenvalue weighted by molar-refractivity contribution is -0.144. The molecule has 2 rings (SSSR count). The van der Waals surface area contributed by atoms with Gasteiger partial charge in [0, 0.05) is 25.2 Å². The molecule has 1 aliphatic heterocycles. The van der Waals surface area contributed by atoms with E-state index in [0.29, 0.717) is 25.3 Å². The first-order valence-electron chi connectivity index (χ1n) is 8.58. The number of piperidine rings is 1. The van der Waals surface area contributed by atoms with Gasteiger partial charge in [0.15, 0.2) is 5.03 Å². The Morgan fingerprint density at radius 1 is 1.36 bits per heavy atom. The topological polar surface area (TPSA) is 101 Å². The molecule has 1 fully saturated rings. The molecule has 1 unspecified atom stereocenters. The first-order chi connectivity index (χ1) is 11.7. The number of rotatable bonds is 5. The molecule has 140 valence electrons. The molecule has 0 spiro atoms. The summed E-state index contributed by atoms with van der Waals surface area (Å²) in [5, 5.41) is -0.183. The zero-order chi connectivity index (χ0) is 18.8. The number of sulfonamides is 1. The number of carbonyl (C=O) groups excluding carboxylic acids is 2. The second kappa shape index (κ2) is 7.55. The highest BCUT2D eigenvalue weighted by molar-refractivity contribution is 7.90. The molecule has 1 atom stereocenters. The summed E-state index contributed by atoms with van der Waals surface area (Å²) in [6.07, 6.45) is 3.46. The highest BCUT2D eigenvalue weighted by Gasteiger charge is 2.35. The van der Waals surface area contributed by atoms with Gasteiger partial charge in [0.05, 0.1) is 0 Å². The van der Waals surface area contributed by atoms with Crippen molar-refractivity contribution in [3.63, 3.8) is 0 Å². The van der Waals surface area contributed by atoms with Gasteiger partial charge in [-0.15, -0.1) is 0 Å². The molecule has 0 aliphatic carbocycles. The molecule has 2 amide bonds. The average Bonchev–Trinajstić information content (AvgIpc) is 2.95. The van der Waals surface area contributed by atoms with E-state index in [9.17, 15) is 18.0 Å². The van der Waals surface area contributed by atoms with Crippen molar-refractivity contribution in [3.8, 4) is 0 Å². The molecule has 0 saturated carbocycles. The lowest BCUT2D eigenvalue weighted by Gasteiger charge is -2.35. The maximum Gasteiger partial charge on any atom is 0.283 e. The van der Waals surface area contributed by atoms with Gasteiger partial charge in [-0.2, -0.15) is 8.42 Å². The van der Waals surface area contributed by atoms with Crippen molar-refractivity contribution in [2.75, 3.05) is 6.54 Å². The van der Waals surface area contributed by atoms with Gasteiger partial charge in [-0.3, -0.25) is 9.59 Å². The Labute approximate surface area is 148 Å². The smallest absolute Gasteiger partial charge is 0.283 e. The van der Waals surface area contributed by atoms with Gasteiger partial charge in [-0.25, -0.2) is 9.71 Å². The summed E-state index contributed by atoms with van der Waals surface area (Å²) in [6, 6.07) is -0.757. The predicted octanol–water partition coefficient (Wildman–Crippen LogP) is 1.05. The van der Waals surface area contributed by atoms with Crippen LogP contribution >= 0.6 is 0 Å². The van der Waals surface area contributed by atoms with E-state index in [0.717, 1.165) is 12.8 Å². The van der Waals surface area contributed by atoms with E-state index >= 15 is 0 Å². The fourth-order valence-corrected chi connectivity index (χ4v) is 4.00. The standard InChI is InChI=1S/C16H26N4O4S/c1-5-19-10-14(17-12(19)4)25(23,24)18-15(21)13-8-6-7-9-20(13)16(22)11(2)3/h10-11,13H,5-9H2,1-4H3,(H,18,21). The minimum Gasteiger partial charge on any atom is -0.334 e. The van der Waals surface area contributed by atoms with Crippen LogP contribution in [0.25, 0.3) is 0 Å². The summed E-state index contributed by atoms with van der Waals surface area (Å²) in [6.45, 7) is 8.17. The van der Waals surface area contributed by atoms with Crippen LogP contribution in [0, 0.1) is 12.8 Å². The molecule has 1 saturated heterocycles. The number of carbonyl (C=O) groups is 2. The summed E-state index contributed by atoms with van der Waals surface area (Å²) in [5.74, 6) is -0.488. The highest BCUT2D eigenvalue weighted by atomic mass is 32.2. The fourth-order valence-electron chi connectivity index (χ4n) is 2.98. The summed E-state index contributed by atoms with van der Waals surface area (Å²) in [4.78, 5) is 30.4. The van der Waals surface area contributed by atoms with E-state index in [-0.39, 0.29) is 16.9 Å². The molecule has 0 aromatic carbocycles. The quantitative estimate of drug-likeness (QED) is 0.835. The lowest BCUT2D eigenvalue weighted by Crippen LogP contribution is -2.53. The van der Waals surface area contributed by atoms with Gasteiger partial charge < -0.3 is 9.47 Å². The molecule has 1 N–H and O–H groups in total. The second-order valence-electron chi connectivity index (χ2n) is 6.58. The van der Waals surface area contributed by atoms with E-state index < -0.39 is 22.0 Å². The maximum absolute atomic E-state index is 12.6. The number of aryl methyl sites for hydroxylation is 2. The monoisotopic (exact) mass is 370 g/mol. The normalized spacial score (nSPS) is 18.4. The molecule has 25 heavy (non-hydrogen) atoms. The molecule has 1 aromatic rings. The lowest BCUT2D eigenvalue weighted by atomic mass is 9.99. The largest absolute Gasteiger partial charge is 0.334 e. The summed E-state index contributed by atoms with van der Waals surface area (Å²) in [7, 11) is -4.06. The zero-order valence-electron chi connectivity index (χ0n) is 15.2. The van der Waals surface area contributed by atoms with Crippen molar-refractivity contribution >= 4 is 21.8 Å². The third-order valence-electron chi connectivity index (χ3n) is 4.39. The van der Waals surface area contributed by atoms with Crippen molar-refractivity contribution in [3.05, 3.63) is 12.0 Å². The highest BCUT2D eigenvalue weighted by Crippen LogP contribution is 2.20. The van der Waals surface area contributed by atoms with Crippen LogP contribution in [0.5, 0.6) is 0 Å². The first-order valence-corrected chi connectivity index (χ1v) is 10.1. The van der Waals surface area contributed by atoms with Crippen LogP contribution in [0.2, 0.25) is 0 Å². The average molecular weight is 370 g/mol. The van der Waals surface area contributed by atoms with Crippen LogP contribution in [0.15, 0.2) is 11.2 Å². The fraction of sp³-hybridized carbons (Fsp3) is 0.688. The summed E-state index contributed by atoms with van der Waals surface area (Å²) >= 11 is 0. The van der Waals surface area contributed by atoms with Crippen molar-refractivity contribution < 1.29 is 18.0 Å². The maximum atomic E-state index is 12.6. The number of hydrogen-bond acceptors (Lipinski definition) is 5. The Hall–Kier alpha value is -1.90. The SMILES string of the molecule is CCn1cc(S(=O)(=O)NC(=O)C2CCCCN2C(=O)C(C)C)nc1C. The van der Waals surface area contributed by atoms with Gasteiger partial charge in [0.2, 0.25) is 5.91 Å². The number of aromatic nitrogens is 2. The number of nitrogens with zero attached hydrogens (tertiary/aromatic N) is 3. The van der Waals surface area contributed by atoms with E-state index in [1.165, 1.54) is 11.1 Å². The van der Waals surface area contributed by atoms with Crippen LogP contribution in [0.4, 0.5) is 0 Å². The molecule has 1 aliphatic rings. The molecular weight excluding hydrogens is 344 g/mol. The summed E-state index contributed by atoms with van der Waals surface area (Å²) < 4.78 is 28.7. The van der Waals surface area contributed by atoms with Gasteiger partial charge in [-0.05, 0) is 33.1 Å². The number of hydrogen-bond donors (Lipinski definition) is 1. The van der Waals surface area contributed by atoms with Crippen molar-refractivity contribution in [1.29, 1.82) is 0 Å². The van der Waals surface area contributed by atoms with Crippen LogP contribution in [0.1, 0.15) is 45.9 Å². The molecule has 1 aromatic heterocycles. The van der Waals surface area contributed by atoms with Crippen molar-refractivity contribution in [2.45, 2.75) is 64.6 Å². The predicted molar refractivity (Wildman–Crippen MR) is 92.2 cm³/mol. The third-order valence-corrected chi connectivity index (χ3v) is 5.60. The molecule has 8 nitrogen and oxygen atoms in total. The Morgan fingerprint density at radius 3 is 2.60 bits per heavy atom. The minimum atomic E-state index is -4.06. The van der Waals surface area contributed by atoms with Gasteiger partial charge in [0.25, 0.3) is 15.9 Å². The van der Waals surface area contributed by atoms with E-state index in [1.807, 2.05) is 6.92 Å². The molecule has 0 radical (unpaired) electrons. The molecule has 9 heteroatoms. The van der Waals surface area contributed by atoms with E-state index in [4.69, 9.17) is 0 Å². The summed E-state index contributed by atoms with van der Waals surface area (Å²) in [5.41, 5.74) is 0. The Bertz CT molecular complexity index is 754. The van der Waals surface area contributed by atoms with Crippen molar-refractivity contribution in [2.24, 2.45) is 5.92 Å². The minimum absolute atomic E-state index is 0.136. The van der Waals surface area contributed by atoms with Crippen LogP contribution in [-0.4, -0.2) is 47.3 Å². The third kappa shape index (κ3) is 4.20. The number of amides is 2. The number of nitrogens with one attached hydrogen (secondary N) is 1. The number of likely N-dealkylation sites (tertiary alicyclic amines) is 1. The van der Waals surface area contributed by atoms with Crippen LogP contribution < -0.4 is 4.72 Å². The Balaban J connectivity index is 2.19. The van der Waals surface area contributed by atoms with Gasteiger partial charge >= 0.3 is 0 Å². The van der Waals surface area contributed by atoms with E-state index in [1.54, 1.807) is 25.3 Å². The second-order valence-corrected chi connectivity index (χ2v) is 8.21. The van der Waals surface area contributed by atoms with Gasteiger partial charge in [0.1, 0.15) is 11.9 Å². The molecule has 0 bridgehead atoms. The molecular formula is C16H26N4O4S. The van der Waals surface area contributed by atoms with Crippen LogP contribution in [-0.2, 0) is 26.2 Å². The van der Waals surface area contributed by atoms with Crippen molar-refractivity contribution in [1.82, 2.24) is 19.2 Å². The Morgan fingerprint density at radius 2 is 2.04 bits per heavy atom. The Kier molecular flexibility index (Phi) is 5.87. The number of imidazole rings is 1. The van der Waals surface area contributed by atoms with Gasteiger partial charge in [-0.1, -0.05) is 13.8 Å². The van der Waals surface area contributed by atoms with Crippen LogP contribution in [0.3, 0.4) is 0 Å². The first kappa shape index (κ1) is 19.4. The van der Waals surface area contributed by atoms with E-state index in [2.05, 4.69) is 9.71 Å². The molecule has 2 heterocycles. The zero-order valence-corrected chi connectivity index (χ0v) is 16.0.